The van der Waals surface area contributed by atoms with Gasteiger partial charge in [0.2, 0.25) is 5.91 Å². The van der Waals surface area contributed by atoms with Gasteiger partial charge in [-0.2, -0.15) is 0 Å². The molecule has 1 amide bonds. The van der Waals surface area contributed by atoms with E-state index < -0.39 is 0 Å². The lowest BCUT2D eigenvalue weighted by Gasteiger charge is -2.22. The Bertz CT molecular complexity index is 571. The van der Waals surface area contributed by atoms with Crippen LogP contribution in [0.15, 0.2) is 48.8 Å². The first-order valence-electron chi connectivity index (χ1n) is 7.08. The molecule has 3 rings (SSSR count). The highest BCUT2D eigenvalue weighted by Gasteiger charge is 2.20. The molecule has 4 heteroatoms. The van der Waals surface area contributed by atoms with Crippen molar-refractivity contribution in [3.63, 3.8) is 0 Å². The summed E-state index contributed by atoms with van der Waals surface area (Å²) in [6.45, 7) is 1.80. The van der Waals surface area contributed by atoms with Crippen molar-refractivity contribution >= 4 is 11.6 Å². The van der Waals surface area contributed by atoms with Crippen LogP contribution in [0.25, 0.3) is 5.69 Å². The Hall–Kier alpha value is -2.07. The maximum absolute atomic E-state index is 12.2. The minimum atomic E-state index is 0.0824. The van der Waals surface area contributed by atoms with E-state index in [4.69, 9.17) is 0 Å². The van der Waals surface area contributed by atoms with Crippen LogP contribution in [0.4, 0.5) is 5.69 Å². The monoisotopic (exact) mass is 269 g/mol. The second-order valence-corrected chi connectivity index (χ2v) is 5.17. The molecule has 1 aliphatic heterocycles. The number of rotatable bonds is 3. The van der Waals surface area contributed by atoms with Crippen molar-refractivity contribution in [2.75, 3.05) is 18.4 Å². The number of nitrogens with zero attached hydrogens (tertiary/aromatic N) is 1. The fourth-order valence-corrected chi connectivity index (χ4v) is 2.57. The van der Waals surface area contributed by atoms with Crippen molar-refractivity contribution in [1.29, 1.82) is 0 Å². The molecule has 0 bridgehead atoms. The van der Waals surface area contributed by atoms with Crippen molar-refractivity contribution in [3.05, 3.63) is 48.8 Å². The first kappa shape index (κ1) is 12.9. The summed E-state index contributed by atoms with van der Waals surface area (Å²) in [4.78, 5) is 12.2. The van der Waals surface area contributed by atoms with Crippen LogP contribution in [0.3, 0.4) is 0 Å². The van der Waals surface area contributed by atoms with Gasteiger partial charge in [-0.1, -0.05) is 6.07 Å². The SMILES string of the molecule is O=C(Nc1cccc(-n2cccc2)c1)[C@H]1CCCNC1. The summed E-state index contributed by atoms with van der Waals surface area (Å²) in [5, 5.41) is 6.29. The highest BCUT2D eigenvalue weighted by Crippen LogP contribution is 2.17. The molecule has 1 aromatic heterocycles. The van der Waals surface area contributed by atoms with E-state index in [1.54, 1.807) is 0 Å². The van der Waals surface area contributed by atoms with E-state index in [1.165, 1.54) is 0 Å². The molecule has 1 saturated heterocycles. The molecule has 0 saturated carbocycles. The lowest BCUT2D eigenvalue weighted by Crippen LogP contribution is -2.37. The van der Waals surface area contributed by atoms with Crippen LogP contribution in [-0.2, 0) is 4.79 Å². The predicted octanol–water partition coefficient (Wildman–Crippen LogP) is 2.42. The molecule has 0 radical (unpaired) electrons. The van der Waals surface area contributed by atoms with Crippen molar-refractivity contribution in [3.8, 4) is 5.69 Å². The molecule has 104 valence electrons. The van der Waals surface area contributed by atoms with Gasteiger partial charge in [0.1, 0.15) is 0 Å². The van der Waals surface area contributed by atoms with Crippen molar-refractivity contribution in [1.82, 2.24) is 9.88 Å². The number of benzene rings is 1. The molecule has 1 atom stereocenters. The molecular weight excluding hydrogens is 250 g/mol. The van der Waals surface area contributed by atoms with Gasteiger partial charge in [0.05, 0.1) is 5.92 Å². The third kappa shape index (κ3) is 2.91. The molecule has 20 heavy (non-hydrogen) atoms. The number of aromatic nitrogens is 1. The van der Waals surface area contributed by atoms with E-state index in [1.807, 2.05) is 53.4 Å². The average Bonchev–Trinajstić information content (AvgIpc) is 3.03. The Morgan fingerprint density at radius 3 is 2.85 bits per heavy atom. The number of hydrogen-bond donors (Lipinski definition) is 2. The zero-order valence-electron chi connectivity index (χ0n) is 11.4. The number of anilines is 1. The van der Waals surface area contributed by atoms with Crippen LogP contribution in [0.1, 0.15) is 12.8 Å². The van der Waals surface area contributed by atoms with Crippen LogP contribution in [-0.4, -0.2) is 23.6 Å². The summed E-state index contributed by atoms with van der Waals surface area (Å²) in [6.07, 6.45) is 6.02. The van der Waals surface area contributed by atoms with Crippen LogP contribution >= 0.6 is 0 Å². The van der Waals surface area contributed by atoms with E-state index in [0.29, 0.717) is 0 Å². The Morgan fingerprint density at radius 2 is 2.10 bits per heavy atom. The number of nitrogens with one attached hydrogen (secondary N) is 2. The fourth-order valence-electron chi connectivity index (χ4n) is 2.57. The van der Waals surface area contributed by atoms with Gasteiger partial charge < -0.3 is 15.2 Å². The van der Waals surface area contributed by atoms with Gasteiger partial charge in [-0.05, 0) is 49.7 Å². The first-order chi connectivity index (χ1) is 9.83. The molecular formula is C16H19N3O. The molecule has 0 spiro atoms. The van der Waals surface area contributed by atoms with Gasteiger partial charge in [0, 0.05) is 30.3 Å². The Balaban J connectivity index is 1.71. The van der Waals surface area contributed by atoms with E-state index in [9.17, 15) is 4.79 Å². The summed E-state index contributed by atoms with van der Waals surface area (Å²) < 4.78 is 2.03. The van der Waals surface area contributed by atoms with Gasteiger partial charge in [-0.15, -0.1) is 0 Å². The summed E-state index contributed by atoms with van der Waals surface area (Å²) in [5.41, 5.74) is 1.90. The normalized spacial score (nSPS) is 18.7. The van der Waals surface area contributed by atoms with Crippen LogP contribution in [0.5, 0.6) is 0 Å². The Kier molecular flexibility index (Phi) is 3.83. The number of piperidine rings is 1. The fraction of sp³-hybridized carbons (Fsp3) is 0.312. The average molecular weight is 269 g/mol. The van der Waals surface area contributed by atoms with E-state index in [-0.39, 0.29) is 11.8 Å². The highest BCUT2D eigenvalue weighted by molar-refractivity contribution is 5.93. The summed E-state index contributed by atoms with van der Waals surface area (Å²) in [5.74, 6) is 0.195. The molecule has 2 heterocycles. The van der Waals surface area contributed by atoms with E-state index >= 15 is 0 Å². The van der Waals surface area contributed by atoms with Gasteiger partial charge in [0.15, 0.2) is 0 Å². The van der Waals surface area contributed by atoms with E-state index in [2.05, 4.69) is 10.6 Å². The largest absolute Gasteiger partial charge is 0.326 e. The number of carbonyl (C=O) groups is 1. The molecule has 0 unspecified atom stereocenters. The second kappa shape index (κ2) is 5.92. The van der Waals surface area contributed by atoms with Crippen LogP contribution < -0.4 is 10.6 Å². The van der Waals surface area contributed by atoms with Gasteiger partial charge >= 0.3 is 0 Å². The standard InChI is InChI=1S/C16H19N3O/c20-16(13-5-4-8-17-12-13)18-14-6-3-7-15(11-14)19-9-1-2-10-19/h1-3,6-7,9-11,13,17H,4-5,8,12H2,(H,18,20)/t13-/m0/s1. The minimum absolute atomic E-state index is 0.0824. The third-order valence-electron chi connectivity index (χ3n) is 3.68. The van der Waals surface area contributed by atoms with Crippen LogP contribution in [0, 0.1) is 5.92 Å². The quantitative estimate of drug-likeness (QED) is 0.899. The highest BCUT2D eigenvalue weighted by atomic mass is 16.1. The number of carbonyl (C=O) groups excluding carboxylic acids is 1. The topological polar surface area (TPSA) is 46.1 Å². The Labute approximate surface area is 118 Å². The molecule has 4 nitrogen and oxygen atoms in total. The first-order valence-corrected chi connectivity index (χ1v) is 7.08. The zero-order valence-corrected chi connectivity index (χ0v) is 11.4. The van der Waals surface area contributed by atoms with Crippen molar-refractivity contribution in [2.24, 2.45) is 5.92 Å². The van der Waals surface area contributed by atoms with Crippen molar-refractivity contribution in [2.45, 2.75) is 12.8 Å². The zero-order chi connectivity index (χ0) is 13.8. The maximum atomic E-state index is 12.2. The van der Waals surface area contributed by atoms with E-state index in [0.717, 1.165) is 37.3 Å². The molecule has 1 aromatic carbocycles. The smallest absolute Gasteiger partial charge is 0.228 e. The van der Waals surface area contributed by atoms with Crippen LogP contribution in [0.2, 0.25) is 0 Å². The predicted molar refractivity (Wildman–Crippen MR) is 80.0 cm³/mol. The third-order valence-corrected chi connectivity index (χ3v) is 3.68. The van der Waals surface area contributed by atoms with Gasteiger partial charge in [-0.3, -0.25) is 4.79 Å². The Morgan fingerprint density at radius 1 is 1.25 bits per heavy atom. The molecule has 2 N–H and O–H groups in total. The summed E-state index contributed by atoms with van der Waals surface area (Å²) in [6, 6.07) is 11.9. The van der Waals surface area contributed by atoms with Crippen molar-refractivity contribution < 1.29 is 4.79 Å². The van der Waals surface area contributed by atoms with Gasteiger partial charge in [0.25, 0.3) is 0 Å². The molecule has 1 aliphatic rings. The molecule has 1 fully saturated rings. The minimum Gasteiger partial charge on any atom is -0.326 e. The second-order valence-electron chi connectivity index (χ2n) is 5.17. The maximum Gasteiger partial charge on any atom is 0.228 e. The summed E-state index contributed by atoms with van der Waals surface area (Å²) >= 11 is 0. The number of hydrogen-bond acceptors (Lipinski definition) is 2. The summed E-state index contributed by atoms with van der Waals surface area (Å²) in [7, 11) is 0. The number of amides is 1. The molecule has 0 aliphatic carbocycles. The lowest BCUT2D eigenvalue weighted by atomic mass is 9.99. The molecule has 2 aromatic rings. The lowest BCUT2D eigenvalue weighted by molar-refractivity contribution is -0.120. The van der Waals surface area contributed by atoms with Gasteiger partial charge in [-0.25, -0.2) is 0 Å².